The first-order valence-electron chi connectivity index (χ1n) is 9.85. The summed E-state index contributed by atoms with van der Waals surface area (Å²) in [5.41, 5.74) is 5.78. The normalized spacial score (nSPS) is 14.4. The molecule has 0 aromatic heterocycles. The summed E-state index contributed by atoms with van der Waals surface area (Å²) in [5.74, 6) is -0.275. The fourth-order valence-electron chi connectivity index (χ4n) is 3.54. The van der Waals surface area contributed by atoms with E-state index >= 15 is 0 Å². The molecule has 28 heavy (non-hydrogen) atoms. The van der Waals surface area contributed by atoms with Crippen molar-refractivity contribution in [3.05, 3.63) is 70.4 Å². The largest absolute Gasteiger partial charge is 0.350 e. The zero-order valence-corrected chi connectivity index (χ0v) is 17.3. The van der Waals surface area contributed by atoms with Gasteiger partial charge in [-0.2, -0.15) is 0 Å². The molecule has 146 valence electrons. The van der Waals surface area contributed by atoms with Crippen molar-refractivity contribution in [1.29, 1.82) is 0 Å². The van der Waals surface area contributed by atoms with E-state index in [0.717, 1.165) is 28.8 Å². The molecule has 1 N–H and O–H groups in total. The van der Waals surface area contributed by atoms with Crippen LogP contribution in [0.15, 0.2) is 48.2 Å². The first-order valence-corrected chi connectivity index (χ1v) is 9.85. The Balaban J connectivity index is 2.07. The SMILES string of the molecule is CCc1ccc(NC2=C(c3ccc(C)cc3C)C(=O)N(CC(C)C)C2=O)cc1. The third-order valence-electron chi connectivity index (χ3n) is 5.00. The molecule has 0 spiro atoms. The zero-order valence-electron chi connectivity index (χ0n) is 17.3. The smallest absolute Gasteiger partial charge is 0.278 e. The van der Waals surface area contributed by atoms with E-state index in [1.807, 2.05) is 70.2 Å². The minimum absolute atomic E-state index is 0.205. The van der Waals surface area contributed by atoms with Crippen LogP contribution in [0.1, 0.15) is 43.0 Å². The van der Waals surface area contributed by atoms with Crippen molar-refractivity contribution in [3.8, 4) is 0 Å². The number of carbonyl (C=O) groups is 2. The summed E-state index contributed by atoms with van der Waals surface area (Å²) in [4.78, 5) is 27.7. The van der Waals surface area contributed by atoms with Gasteiger partial charge in [0.1, 0.15) is 5.70 Å². The standard InChI is InChI=1S/C24H28N2O2/c1-6-18-8-10-19(11-9-18)25-22-21(20-12-7-16(4)13-17(20)5)23(27)26(24(22)28)14-15(2)3/h7-13,15,25H,6,14H2,1-5H3. The highest BCUT2D eigenvalue weighted by molar-refractivity contribution is 6.36. The Morgan fingerprint density at radius 1 is 0.964 bits per heavy atom. The Hall–Kier alpha value is -2.88. The molecule has 0 bridgehead atoms. The fourth-order valence-corrected chi connectivity index (χ4v) is 3.54. The van der Waals surface area contributed by atoms with Gasteiger partial charge in [-0.15, -0.1) is 0 Å². The van der Waals surface area contributed by atoms with Crippen LogP contribution in [0.5, 0.6) is 0 Å². The predicted octanol–water partition coefficient (Wildman–Crippen LogP) is 4.71. The molecule has 0 aliphatic carbocycles. The molecular weight excluding hydrogens is 348 g/mol. The Morgan fingerprint density at radius 3 is 2.21 bits per heavy atom. The van der Waals surface area contributed by atoms with E-state index in [2.05, 4.69) is 12.2 Å². The lowest BCUT2D eigenvalue weighted by Crippen LogP contribution is -2.35. The lowest BCUT2D eigenvalue weighted by Gasteiger charge is -2.17. The van der Waals surface area contributed by atoms with E-state index in [1.165, 1.54) is 10.5 Å². The number of amides is 2. The van der Waals surface area contributed by atoms with Crippen LogP contribution in [0.4, 0.5) is 5.69 Å². The zero-order chi connectivity index (χ0) is 20.4. The molecule has 0 atom stereocenters. The maximum atomic E-state index is 13.2. The molecule has 1 aliphatic rings. The molecule has 0 fully saturated rings. The van der Waals surface area contributed by atoms with E-state index in [1.54, 1.807) is 0 Å². The van der Waals surface area contributed by atoms with Crippen molar-refractivity contribution < 1.29 is 9.59 Å². The van der Waals surface area contributed by atoms with Gasteiger partial charge in [0.25, 0.3) is 11.8 Å². The van der Waals surface area contributed by atoms with Gasteiger partial charge in [-0.25, -0.2) is 0 Å². The van der Waals surface area contributed by atoms with Crippen LogP contribution in [0, 0.1) is 19.8 Å². The van der Waals surface area contributed by atoms with Crippen molar-refractivity contribution in [1.82, 2.24) is 4.90 Å². The summed E-state index contributed by atoms with van der Waals surface area (Å²) >= 11 is 0. The van der Waals surface area contributed by atoms with Crippen LogP contribution in [0.25, 0.3) is 5.57 Å². The lowest BCUT2D eigenvalue weighted by molar-refractivity contribution is -0.137. The summed E-state index contributed by atoms with van der Waals surface area (Å²) in [7, 11) is 0. The first-order chi connectivity index (χ1) is 13.3. The van der Waals surface area contributed by atoms with Crippen LogP contribution < -0.4 is 5.32 Å². The molecule has 3 rings (SSSR count). The van der Waals surface area contributed by atoms with Crippen LogP contribution >= 0.6 is 0 Å². The Morgan fingerprint density at radius 2 is 1.64 bits per heavy atom. The Kier molecular flexibility index (Phi) is 5.68. The summed E-state index contributed by atoms with van der Waals surface area (Å²) in [6.45, 7) is 10.5. The van der Waals surface area contributed by atoms with Gasteiger partial charge < -0.3 is 5.32 Å². The van der Waals surface area contributed by atoms with Gasteiger partial charge in [0.05, 0.1) is 5.57 Å². The number of aryl methyl sites for hydroxylation is 3. The van der Waals surface area contributed by atoms with E-state index in [4.69, 9.17) is 0 Å². The van der Waals surface area contributed by atoms with E-state index in [-0.39, 0.29) is 17.7 Å². The number of anilines is 1. The van der Waals surface area contributed by atoms with Gasteiger partial charge in [-0.05, 0) is 55.0 Å². The minimum atomic E-state index is -0.256. The van der Waals surface area contributed by atoms with Crippen LogP contribution in [-0.4, -0.2) is 23.3 Å². The van der Waals surface area contributed by atoms with Crippen molar-refractivity contribution in [3.63, 3.8) is 0 Å². The number of rotatable bonds is 6. The quantitative estimate of drug-likeness (QED) is 0.743. The van der Waals surface area contributed by atoms with Crippen LogP contribution in [0.3, 0.4) is 0 Å². The van der Waals surface area contributed by atoms with Crippen molar-refractivity contribution in [2.75, 3.05) is 11.9 Å². The van der Waals surface area contributed by atoms with Gasteiger partial charge >= 0.3 is 0 Å². The molecule has 1 aliphatic heterocycles. The number of hydrogen-bond donors (Lipinski definition) is 1. The molecule has 4 nitrogen and oxygen atoms in total. The van der Waals surface area contributed by atoms with Crippen molar-refractivity contribution in [2.24, 2.45) is 5.92 Å². The molecule has 1 heterocycles. The van der Waals surface area contributed by atoms with Crippen LogP contribution in [-0.2, 0) is 16.0 Å². The average molecular weight is 377 g/mol. The number of nitrogens with one attached hydrogen (secondary N) is 1. The third-order valence-corrected chi connectivity index (χ3v) is 5.00. The third kappa shape index (κ3) is 3.86. The highest BCUT2D eigenvalue weighted by Gasteiger charge is 2.39. The Bertz CT molecular complexity index is 940. The predicted molar refractivity (Wildman–Crippen MR) is 114 cm³/mol. The van der Waals surface area contributed by atoms with Gasteiger partial charge in [-0.1, -0.05) is 56.7 Å². The second-order valence-electron chi connectivity index (χ2n) is 7.86. The van der Waals surface area contributed by atoms with Gasteiger partial charge in [0, 0.05) is 12.2 Å². The highest BCUT2D eigenvalue weighted by atomic mass is 16.2. The maximum absolute atomic E-state index is 13.2. The second kappa shape index (κ2) is 8.01. The maximum Gasteiger partial charge on any atom is 0.278 e. The molecule has 0 radical (unpaired) electrons. The minimum Gasteiger partial charge on any atom is -0.350 e. The number of hydrogen-bond acceptors (Lipinski definition) is 3. The van der Waals surface area contributed by atoms with Crippen molar-refractivity contribution >= 4 is 23.1 Å². The summed E-state index contributed by atoms with van der Waals surface area (Å²) in [6.07, 6.45) is 0.955. The number of benzene rings is 2. The van der Waals surface area contributed by atoms with Gasteiger partial charge in [0.2, 0.25) is 0 Å². The molecular formula is C24H28N2O2. The van der Waals surface area contributed by atoms with Gasteiger partial charge in [0.15, 0.2) is 0 Å². The number of nitrogens with zero attached hydrogens (tertiary/aromatic N) is 1. The summed E-state index contributed by atoms with van der Waals surface area (Å²) in [6, 6.07) is 13.9. The van der Waals surface area contributed by atoms with E-state index in [9.17, 15) is 9.59 Å². The van der Waals surface area contributed by atoms with Gasteiger partial charge in [-0.3, -0.25) is 14.5 Å². The highest BCUT2D eigenvalue weighted by Crippen LogP contribution is 2.33. The van der Waals surface area contributed by atoms with E-state index in [0.29, 0.717) is 17.8 Å². The second-order valence-corrected chi connectivity index (χ2v) is 7.86. The summed E-state index contributed by atoms with van der Waals surface area (Å²) < 4.78 is 0. The molecule has 0 unspecified atom stereocenters. The first kappa shape index (κ1) is 19.9. The number of imide groups is 1. The topological polar surface area (TPSA) is 49.4 Å². The van der Waals surface area contributed by atoms with Crippen LogP contribution in [0.2, 0.25) is 0 Å². The molecule has 2 amide bonds. The molecule has 4 heteroatoms. The summed E-state index contributed by atoms with van der Waals surface area (Å²) in [5, 5.41) is 3.23. The Labute approximate surface area is 167 Å². The molecule has 2 aromatic carbocycles. The average Bonchev–Trinajstić information content (AvgIpc) is 2.87. The molecule has 2 aromatic rings. The van der Waals surface area contributed by atoms with E-state index < -0.39 is 0 Å². The fraction of sp³-hybridized carbons (Fsp3) is 0.333. The monoisotopic (exact) mass is 376 g/mol. The van der Waals surface area contributed by atoms with Crippen molar-refractivity contribution in [2.45, 2.75) is 41.0 Å². The number of carbonyl (C=O) groups excluding carboxylic acids is 2. The lowest BCUT2D eigenvalue weighted by atomic mass is 9.97. The molecule has 0 saturated carbocycles. The molecule has 0 saturated heterocycles.